The van der Waals surface area contributed by atoms with Gasteiger partial charge >= 0.3 is 5.56 Å². The molecule has 0 saturated heterocycles. The molecule has 116 valence electrons. The van der Waals surface area contributed by atoms with E-state index in [1.165, 1.54) is 0 Å². The highest BCUT2D eigenvalue weighted by Crippen LogP contribution is 2.29. The summed E-state index contributed by atoms with van der Waals surface area (Å²) in [6.07, 6.45) is -0.698. The van der Waals surface area contributed by atoms with Crippen molar-refractivity contribution in [3.05, 3.63) is 76.1 Å². The van der Waals surface area contributed by atoms with Crippen LogP contribution in [-0.2, 0) is 6.61 Å². The Labute approximate surface area is 141 Å². The minimum atomic E-state index is -0.698. The van der Waals surface area contributed by atoms with Gasteiger partial charge in [-0.3, -0.25) is 4.79 Å². The molecule has 5 heteroatoms. The molecule has 0 radical (unpaired) electrons. The normalized spacial score (nSPS) is 11.9. The van der Waals surface area contributed by atoms with E-state index in [2.05, 4.69) is 33.0 Å². The van der Waals surface area contributed by atoms with Crippen molar-refractivity contribution < 1.29 is 9.84 Å². The van der Waals surface area contributed by atoms with Crippen LogP contribution in [0.25, 0.3) is 10.9 Å². The van der Waals surface area contributed by atoms with Gasteiger partial charge in [0.2, 0.25) is 0 Å². The molecule has 2 aromatic carbocycles. The maximum absolute atomic E-state index is 11.6. The quantitative estimate of drug-likeness (QED) is 0.677. The summed E-state index contributed by atoms with van der Waals surface area (Å²) in [4.78, 5) is 14.3. The number of halogens is 1. The van der Waals surface area contributed by atoms with Crippen LogP contribution in [0.5, 0.6) is 5.75 Å². The SMILES string of the molecule is O=c1c#cc2c([C@@H](O)CBr)ccc(OCc3ccccc3)c2[nH]1. The largest absolute Gasteiger partial charge is 0.487 e. The van der Waals surface area contributed by atoms with Gasteiger partial charge in [0.25, 0.3) is 0 Å². The molecular weight excluding hydrogens is 358 g/mol. The van der Waals surface area contributed by atoms with Crippen LogP contribution in [0.1, 0.15) is 17.2 Å². The Bertz CT molecular complexity index is 861. The van der Waals surface area contributed by atoms with E-state index in [1.807, 2.05) is 30.3 Å². The van der Waals surface area contributed by atoms with Crippen LogP contribution in [0, 0.1) is 12.1 Å². The number of aliphatic hydroxyl groups excluding tert-OH is 1. The number of aliphatic hydroxyl groups is 1. The minimum absolute atomic E-state index is 0.382. The zero-order chi connectivity index (χ0) is 16.2. The fourth-order valence-electron chi connectivity index (χ4n) is 2.34. The lowest BCUT2D eigenvalue weighted by Crippen LogP contribution is -2.06. The van der Waals surface area contributed by atoms with Gasteiger partial charge < -0.3 is 14.8 Å². The van der Waals surface area contributed by atoms with E-state index in [4.69, 9.17) is 4.74 Å². The van der Waals surface area contributed by atoms with Crippen molar-refractivity contribution in [3.8, 4) is 5.75 Å². The van der Waals surface area contributed by atoms with Gasteiger partial charge in [-0.15, -0.1) is 0 Å². The van der Waals surface area contributed by atoms with E-state index >= 15 is 0 Å². The maximum atomic E-state index is 11.6. The summed E-state index contributed by atoms with van der Waals surface area (Å²) < 4.78 is 5.83. The molecule has 1 atom stereocenters. The zero-order valence-electron chi connectivity index (χ0n) is 12.2. The molecule has 0 saturated carbocycles. The smallest absolute Gasteiger partial charge is 0.300 e. The van der Waals surface area contributed by atoms with E-state index < -0.39 is 6.10 Å². The first kappa shape index (κ1) is 15.6. The van der Waals surface area contributed by atoms with Crippen LogP contribution in [0.2, 0.25) is 0 Å². The number of aromatic nitrogens is 1. The maximum Gasteiger partial charge on any atom is 0.300 e. The summed E-state index contributed by atoms with van der Waals surface area (Å²) in [5.74, 6) is 0.539. The second kappa shape index (κ2) is 6.86. The van der Waals surface area contributed by atoms with Crippen LogP contribution in [0.15, 0.2) is 47.3 Å². The van der Waals surface area contributed by atoms with Crippen molar-refractivity contribution in [1.29, 1.82) is 0 Å². The Morgan fingerprint density at radius 1 is 1.17 bits per heavy atom. The fourth-order valence-corrected chi connectivity index (χ4v) is 2.69. The molecular formula is C18H14BrNO3. The standard InChI is InChI=1S/C18H14BrNO3/c19-10-15(21)13-6-8-16(18-14(13)7-9-17(22)20-18)23-11-12-4-2-1-3-5-12/h1-6,8,15,21H,10-11H2,(H,20,22)/t15-/m0/s1. The van der Waals surface area contributed by atoms with Gasteiger partial charge in [0.1, 0.15) is 17.9 Å². The predicted molar refractivity (Wildman–Crippen MR) is 91.8 cm³/mol. The van der Waals surface area contributed by atoms with Crippen molar-refractivity contribution in [2.75, 3.05) is 5.33 Å². The monoisotopic (exact) mass is 371 g/mol. The number of aromatic amines is 1. The number of hydrogen-bond donors (Lipinski definition) is 2. The Kier molecular flexibility index (Phi) is 4.65. The highest BCUT2D eigenvalue weighted by atomic mass is 79.9. The number of nitrogens with one attached hydrogen (secondary N) is 1. The summed E-state index contributed by atoms with van der Waals surface area (Å²) >= 11 is 3.25. The van der Waals surface area contributed by atoms with Gasteiger partial charge in [-0.05, 0) is 17.2 Å². The van der Waals surface area contributed by atoms with Gasteiger partial charge in [0, 0.05) is 11.4 Å². The van der Waals surface area contributed by atoms with Crippen LogP contribution in [0.3, 0.4) is 0 Å². The Morgan fingerprint density at radius 3 is 2.70 bits per heavy atom. The Balaban J connectivity index is 2.00. The molecule has 0 unspecified atom stereocenters. The van der Waals surface area contributed by atoms with Gasteiger partial charge in [-0.2, -0.15) is 0 Å². The zero-order valence-corrected chi connectivity index (χ0v) is 13.8. The summed E-state index contributed by atoms with van der Waals surface area (Å²) in [6, 6.07) is 18.6. The molecule has 3 aromatic rings. The molecule has 2 N–H and O–H groups in total. The number of benzene rings is 2. The van der Waals surface area contributed by atoms with Gasteiger partial charge in [0.05, 0.1) is 11.5 Å². The number of fused-ring (bicyclic) bond motifs is 1. The number of H-pyrrole nitrogens is 1. The third kappa shape index (κ3) is 3.39. The third-order valence-corrected chi connectivity index (χ3v) is 4.09. The van der Waals surface area contributed by atoms with Crippen molar-refractivity contribution >= 4 is 26.8 Å². The molecule has 4 nitrogen and oxygen atoms in total. The molecule has 0 bridgehead atoms. The van der Waals surface area contributed by atoms with Crippen molar-refractivity contribution in [3.63, 3.8) is 0 Å². The summed E-state index contributed by atoms with van der Waals surface area (Å²) in [5.41, 5.74) is 1.82. The molecule has 1 aromatic heterocycles. The van der Waals surface area contributed by atoms with Gasteiger partial charge in [0.15, 0.2) is 0 Å². The minimum Gasteiger partial charge on any atom is -0.487 e. The lowest BCUT2D eigenvalue weighted by Gasteiger charge is -2.13. The predicted octanol–water partition coefficient (Wildman–Crippen LogP) is 3.14. The average Bonchev–Trinajstić information content (AvgIpc) is 2.59. The fraction of sp³-hybridized carbons (Fsp3) is 0.167. The molecule has 0 aliphatic carbocycles. The topological polar surface area (TPSA) is 62.3 Å². The first-order chi connectivity index (χ1) is 11.2. The van der Waals surface area contributed by atoms with Gasteiger partial charge in [-0.25, -0.2) is 0 Å². The van der Waals surface area contributed by atoms with E-state index in [-0.39, 0.29) is 5.56 Å². The second-order valence-corrected chi connectivity index (χ2v) is 5.70. The molecule has 0 fully saturated rings. The van der Waals surface area contributed by atoms with E-state index in [9.17, 15) is 9.90 Å². The molecule has 23 heavy (non-hydrogen) atoms. The second-order valence-electron chi connectivity index (χ2n) is 5.05. The highest BCUT2D eigenvalue weighted by Gasteiger charge is 2.14. The first-order valence-corrected chi connectivity index (χ1v) is 8.22. The molecule has 3 rings (SSSR count). The van der Waals surface area contributed by atoms with E-state index in [0.717, 1.165) is 5.56 Å². The van der Waals surface area contributed by atoms with Crippen LogP contribution in [-0.4, -0.2) is 15.4 Å². The van der Waals surface area contributed by atoms with Crippen molar-refractivity contribution in [1.82, 2.24) is 4.98 Å². The number of rotatable bonds is 5. The highest BCUT2D eigenvalue weighted by molar-refractivity contribution is 9.09. The lowest BCUT2D eigenvalue weighted by molar-refractivity contribution is 0.207. The van der Waals surface area contributed by atoms with Crippen LogP contribution >= 0.6 is 15.9 Å². The lowest BCUT2D eigenvalue weighted by atomic mass is 10.0. The molecule has 0 amide bonds. The van der Waals surface area contributed by atoms with E-state index in [0.29, 0.717) is 34.2 Å². The number of hydrogen-bond acceptors (Lipinski definition) is 3. The number of alkyl halides is 1. The van der Waals surface area contributed by atoms with E-state index in [1.54, 1.807) is 12.1 Å². The third-order valence-electron chi connectivity index (χ3n) is 3.48. The summed E-state index contributed by atoms with van der Waals surface area (Å²) in [7, 11) is 0. The molecule has 1 heterocycles. The molecule has 0 aliphatic rings. The Hall–Kier alpha value is -2.29. The number of ether oxygens (including phenoxy) is 1. The van der Waals surface area contributed by atoms with Crippen LogP contribution in [0.4, 0.5) is 0 Å². The molecule has 0 spiro atoms. The van der Waals surface area contributed by atoms with Crippen molar-refractivity contribution in [2.45, 2.75) is 12.7 Å². The van der Waals surface area contributed by atoms with Crippen molar-refractivity contribution in [2.24, 2.45) is 0 Å². The Morgan fingerprint density at radius 2 is 1.96 bits per heavy atom. The first-order valence-electron chi connectivity index (χ1n) is 7.09. The summed E-state index contributed by atoms with van der Waals surface area (Å²) in [5, 5.41) is 11.1. The summed E-state index contributed by atoms with van der Waals surface area (Å²) in [6.45, 7) is 0.386. The van der Waals surface area contributed by atoms with Gasteiger partial charge in [-0.1, -0.05) is 58.4 Å². The average molecular weight is 372 g/mol. The van der Waals surface area contributed by atoms with Crippen LogP contribution < -0.4 is 10.3 Å². The molecule has 0 aliphatic heterocycles.